The highest BCUT2D eigenvalue weighted by Crippen LogP contribution is 2.19. The van der Waals surface area contributed by atoms with Crippen molar-refractivity contribution >= 4 is 35.0 Å². The van der Waals surface area contributed by atoms with Gasteiger partial charge in [-0.15, -0.1) is 0 Å². The van der Waals surface area contributed by atoms with Gasteiger partial charge < -0.3 is 10.6 Å². The Hall–Kier alpha value is -3.48. The Bertz CT molecular complexity index is 798. The summed E-state index contributed by atoms with van der Waals surface area (Å²) >= 11 is 0. The molecule has 2 aromatic rings. The molecule has 0 radical (unpaired) electrons. The Morgan fingerprint density at radius 3 is 2.17 bits per heavy atom. The highest BCUT2D eigenvalue weighted by atomic mass is 16.6. The van der Waals surface area contributed by atoms with Crippen LogP contribution in [0.3, 0.4) is 0 Å². The summed E-state index contributed by atoms with van der Waals surface area (Å²) in [7, 11) is 0. The molecule has 0 atom stereocenters. The molecule has 0 unspecified atom stereocenters. The number of nitro benzene ring substituents is 1. The first-order valence-corrected chi connectivity index (χ1v) is 7.06. The molecule has 0 aliphatic heterocycles. The number of carbonyl (C=O) groups is 2. The number of anilines is 2. The molecule has 24 heavy (non-hydrogen) atoms. The normalized spacial score (nSPS) is 10.4. The molecule has 7 heteroatoms. The number of benzene rings is 2. The molecule has 0 aliphatic rings. The van der Waals surface area contributed by atoms with Gasteiger partial charge in [0, 0.05) is 30.4 Å². The molecule has 2 N–H and O–H groups in total. The molecule has 7 nitrogen and oxygen atoms in total. The van der Waals surface area contributed by atoms with E-state index in [1.165, 1.54) is 25.1 Å². The molecular formula is C17H15N3O4. The smallest absolute Gasteiger partial charge is 0.276 e. The van der Waals surface area contributed by atoms with E-state index >= 15 is 0 Å². The summed E-state index contributed by atoms with van der Waals surface area (Å²) in [6.07, 6.45) is 2.61. The van der Waals surface area contributed by atoms with Crippen molar-refractivity contribution in [2.75, 3.05) is 10.6 Å². The van der Waals surface area contributed by atoms with Gasteiger partial charge in [0.25, 0.3) is 5.69 Å². The molecule has 0 aromatic heterocycles. The van der Waals surface area contributed by atoms with E-state index in [-0.39, 0.29) is 11.6 Å². The van der Waals surface area contributed by atoms with Crippen molar-refractivity contribution in [2.24, 2.45) is 0 Å². The van der Waals surface area contributed by atoms with E-state index in [9.17, 15) is 19.7 Å². The van der Waals surface area contributed by atoms with Gasteiger partial charge >= 0.3 is 0 Å². The van der Waals surface area contributed by atoms with Crippen LogP contribution in [-0.4, -0.2) is 16.7 Å². The number of nitrogens with zero attached hydrogens (tertiary/aromatic N) is 1. The van der Waals surface area contributed by atoms with Gasteiger partial charge in [-0.3, -0.25) is 19.7 Å². The maximum absolute atomic E-state index is 11.9. The van der Waals surface area contributed by atoms with E-state index in [1.807, 2.05) is 0 Å². The van der Waals surface area contributed by atoms with Crippen molar-refractivity contribution < 1.29 is 14.5 Å². The second kappa shape index (κ2) is 7.68. The van der Waals surface area contributed by atoms with Crippen molar-refractivity contribution in [1.29, 1.82) is 0 Å². The van der Waals surface area contributed by atoms with Crippen LogP contribution in [0.15, 0.2) is 54.6 Å². The van der Waals surface area contributed by atoms with Crippen LogP contribution < -0.4 is 10.6 Å². The van der Waals surface area contributed by atoms with E-state index in [4.69, 9.17) is 0 Å². The Morgan fingerprint density at radius 1 is 1.00 bits per heavy atom. The van der Waals surface area contributed by atoms with Crippen molar-refractivity contribution in [3.8, 4) is 0 Å². The summed E-state index contributed by atoms with van der Waals surface area (Å²) in [5.41, 5.74) is 1.44. The van der Waals surface area contributed by atoms with Crippen molar-refractivity contribution in [3.05, 3.63) is 70.3 Å². The number of rotatable bonds is 5. The highest BCUT2D eigenvalue weighted by molar-refractivity contribution is 6.02. The second-order valence-electron chi connectivity index (χ2n) is 4.90. The summed E-state index contributed by atoms with van der Waals surface area (Å²) in [4.78, 5) is 33.2. The fourth-order valence-electron chi connectivity index (χ4n) is 1.98. The van der Waals surface area contributed by atoms with Crippen molar-refractivity contribution in [1.82, 2.24) is 0 Å². The van der Waals surface area contributed by atoms with Crippen LogP contribution >= 0.6 is 0 Å². The average Bonchev–Trinajstić information content (AvgIpc) is 2.54. The monoisotopic (exact) mass is 325 g/mol. The third-order valence-electron chi connectivity index (χ3n) is 3.02. The summed E-state index contributed by atoms with van der Waals surface area (Å²) in [6.45, 7) is 1.41. The predicted molar refractivity (Wildman–Crippen MR) is 91.5 cm³/mol. The van der Waals surface area contributed by atoms with Gasteiger partial charge in [0.2, 0.25) is 11.8 Å². The van der Waals surface area contributed by atoms with Gasteiger partial charge in [-0.1, -0.05) is 12.1 Å². The van der Waals surface area contributed by atoms with Crippen molar-refractivity contribution in [3.63, 3.8) is 0 Å². The molecule has 2 aromatic carbocycles. The predicted octanol–water partition coefficient (Wildman–Crippen LogP) is 3.21. The molecule has 0 saturated carbocycles. The molecule has 2 rings (SSSR count). The third kappa shape index (κ3) is 4.77. The Balaban J connectivity index is 2.03. The van der Waals surface area contributed by atoms with E-state index < -0.39 is 10.8 Å². The first-order chi connectivity index (χ1) is 11.5. The van der Waals surface area contributed by atoms with Gasteiger partial charge in [0.05, 0.1) is 10.5 Å². The number of nitrogens with one attached hydrogen (secondary N) is 2. The standard InChI is InChI=1S/C17H15N3O4/c1-12(21)18-14-7-9-15(10-8-14)19-17(22)11-6-13-4-2-3-5-16(13)20(23)24/h2-11H,1H3,(H,18,21)(H,19,22). The molecular weight excluding hydrogens is 310 g/mol. The number of hydrogen-bond donors (Lipinski definition) is 2. The van der Waals surface area contributed by atoms with Crippen molar-refractivity contribution in [2.45, 2.75) is 6.92 Å². The average molecular weight is 325 g/mol. The van der Waals surface area contributed by atoms with Gasteiger partial charge in [0.15, 0.2) is 0 Å². The summed E-state index contributed by atoms with van der Waals surface area (Å²) in [5.74, 6) is -0.598. The fraction of sp³-hybridized carbons (Fsp3) is 0.0588. The zero-order valence-electron chi connectivity index (χ0n) is 12.9. The molecule has 0 aliphatic carbocycles. The van der Waals surface area contributed by atoms with E-state index in [2.05, 4.69) is 10.6 Å². The summed E-state index contributed by atoms with van der Waals surface area (Å²) < 4.78 is 0. The number of para-hydroxylation sites is 1. The van der Waals surface area contributed by atoms with E-state index in [1.54, 1.807) is 42.5 Å². The summed E-state index contributed by atoms with van der Waals surface area (Å²) in [5, 5.41) is 16.2. The maximum Gasteiger partial charge on any atom is 0.276 e. The van der Waals surface area contributed by atoms with Crippen LogP contribution in [-0.2, 0) is 9.59 Å². The number of hydrogen-bond acceptors (Lipinski definition) is 4. The third-order valence-corrected chi connectivity index (χ3v) is 3.02. The van der Waals surface area contributed by atoms with Gasteiger partial charge in [-0.05, 0) is 36.4 Å². The van der Waals surface area contributed by atoms with Crippen LogP contribution in [0.1, 0.15) is 12.5 Å². The van der Waals surface area contributed by atoms with Crippen LogP contribution in [0.4, 0.5) is 17.1 Å². The van der Waals surface area contributed by atoms with Gasteiger partial charge in [-0.25, -0.2) is 0 Å². The zero-order valence-corrected chi connectivity index (χ0v) is 12.9. The number of carbonyl (C=O) groups excluding carboxylic acids is 2. The molecule has 122 valence electrons. The molecule has 0 heterocycles. The van der Waals surface area contributed by atoms with Crippen LogP contribution in [0, 0.1) is 10.1 Å². The van der Waals surface area contributed by atoms with Crippen LogP contribution in [0.25, 0.3) is 6.08 Å². The molecule has 0 saturated heterocycles. The quantitative estimate of drug-likeness (QED) is 0.500. The Morgan fingerprint density at radius 2 is 1.58 bits per heavy atom. The van der Waals surface area contributed by atoms with E-state index in [0.717, 1.165) is 0 Å². The van der Waals surface area contributed by atoms with E-state index in [0.29, 0.717) is 16.9 Å². The molecule has 2 amide bonds. The Kier molecular flexibility index (Phi) is 5.40. The van der Waals surface area contributed by atoms with Crippen LogP contribution in [0.5, 0.6) is 0 Å². The highest BCUT2D eigenvalue weighted by Gasteiger charge is 2.09. The lowest BCUT2D eigenvalue weighted by Gasteiger charge is -2.05. The second-order valence-corrected chi connectivity index (χ2v) is 4.90. The number of amides is 2. The first kappa shape index (κ1) is 16.9. The molecule has 0 fully saturated rings. The molecule has 0 bridgehead atoms. The zero-order chi connectivity index (χ0) is 17.5. The number of nitro groups is 1. The fourth-order valence-corrected chi connectivity index (χ4v) is 1.98. The Labute approximate surface area is 138 Å². The van der Waals surface area contributed by atoms with Gasteiger partial charge in [-0.2, -0.15) is 0 Å². The van der Waals surface area contributed by atoms with Gasteiger partial charge in [0.1, 0.15) is 0 Å². The minimum Gasteiger partial charge on any atom is -0.326 e. The summed E-state index contributed by atoms with van der Waals surface area (Å²) in [6, 6.07) is 12.7. The SMILES string of the molecule is CC(=O)Nc1ccc(NC(=O)C=Cc2ccccc2[N+](=O)[O-])cc1. The minimum absolute atomic E-state index is 0.0683. The lowest BCUT2D eigenvalue weighted by molar-refractivity contribution is -0.385. The lowest BCUT2D eigenvalue weighted by Crippen LogP contribution is -2.08. The lowest BCUT2D eigenvalue weighted by atomic mass is 10.1. The molecule has 0 spiro atoms. The topological polar surface area (TPSA) is 101 Å². The minimum atomic E-state index is -0.502. The largest absolute Gasteiger partial charge is 0.326 e. The first-order valence-electron chi connectivity index (χ1n) is 7.06. The maximum atomic E-state index is 11.9. The van der Waals surface area contributed by atoms with Crippen LogP contribution in [0.2, 0.25) is 0 Å².